The van der Waals surface area contributed by atoms with Crippen molar-refractivity contribution in [2.45, 2.75) is 38.1 Å². The van der Waals surface area contributed by atoms with Gasteiger partial charge in [-0.1, -0.05) is 18.2 Å². The summed E-state index contributed by atoms with van der Waals surface area (Å²) in [4.78, 5) is 5.42. The SMILES string of the molecule is c1ccc2c(c1)CCN2C1CCN(CC2CCNCC2)CC1. The van der Waals surface area contributed by atoms with E-state index in [0.29, 0.717) is 0 Å². The van der Waals surface area contributed by atoms with Crippen molar-refractivity contribution in [1.29, 1.82) is 0 Å². The number of fused-ring (bicyclic) bond motifs is 1. The summed E-state index contributed by atoms with van der Waals surface area (Å²) in [5.74, 6) is 0.935. The van der Waals surface area contributed by atoms with Crippen LogP contribution in [-0.4, -0.2) is 50.2 Å². The van der Waals surface area contributed by atoms with Gasteiger partial charge in [0.15, 0.2) is 0 Å². The molecule has 3 heterocycles. The zero-order chi connectivity index (χ0) is 14.8. The van der Waals surface area contributed by atoms with Gasteiger partial charge in [0.05, 0.1) is 0 Å². The maximum Gasteiger partial charge on any atom is 0.0402 e. The van der Waals surface area contributed by atoms with Crippen molar-refractivity contribution in [2.75, 3.05) is 44.2 Å². The topological polar surface area (TPSA) is 18.5 Å². The summed E-state index contributed by atoms with van der Waals surface area (Å²) in [6, 6.07) is 9.78. The maximum atomic E-state index is 3.48. The first-order valence-corrected chi connectivity index (χ1v) is 9.18. The van der Waals surface area contributed by atoms with Crippen molar-refractivity contribution in [3.8, 4) is 0 Å². The van der Waals surface area contributed by atoms with Gasteiger partial charge in [0.25, 0.3) is 0 Å². The number of likely N-dealkylation sites (tertiary alicyclic amines) is 1. The van der Waals surface area contributed by atoms with Gasteiger partial charge >= 0.3 is 0 Å². The van der Waals surface area contributed by atoms with Crippen molar-refractivity contribution < 1.29 is 0 Å². The van der Waals surface area contributed by atoms with Gasteiger partial charge in [-0.15, -0.1) is 0 Å². The first kappa shape index (κ1) is 14.5. The van der Waals surface area contributed by atoms with E-state index in [0.717, 1.165) is 12.0 Å². The lowest BCUT2D eigenvalue weighted by atomic mass is 9.95. The van der Waals surface area contributed by atoms with Crippen LogP contribution in [0.4, 0.5) is 5.69 Å². The van der Waals surface area contributed by atoms with E-state index in [1.165, 1.54) is 77.1 Å². The van der Waals surface area contributed by atoms with Crippen LogP contribution in [0.2, 0.25) is 0 Å². The third-order valence-corrected chi connectivity index (χ3v) is 5.90. The highest BCUT2D eigenvalue weighted by molar-refractivity contribution is 5.58. The van der Waals surface area contributed by atoms with E-state index in [-0.39, 0.29) is 0 Å². The zero-order valence-electron chi connectivity index (χ0n) is 13.6. The van der Waals surface area contributed by atoms with Crippen LogP contribution in [-0.2, 0) is 6.42 Å². The van der Waals surface area contributed by atoms with Crippen molar-refractivity contribution in [3.05, 3.63) is 29.8 Å². The molecule has 3 aliphatic rings. The molecule has 0 aliphatic carbocycles. The number of nitrogens with zero attached hydrogens (tertiary/aromatic N) is 2. The Bertz CT molecular complexity index is 487. The molecule has 3 nitrogen and oxygen atoms in total. The van der Waals surface area contributed by atoms with E-state index >= 15 is 0 Å². The summed E-state index contributed by atoms with van der Waals surface area (Å²) in [6.45, 7) is 7.63. The Morgan fingerprint density at radius 2 is 1.73 bits per heavy atom. The van der Waals surface area contributed by atoms with Gasteiger partial charge in [0.2, 0.25) is 0 Å². The lowest BCUT2D eigenvalue weighted by molar-refractivity contribution is 0.166. The molecule has 22 heavy (non-hydrogen) atoms. The molecular formula is C19H29N3. The van der Waals surface area contributed by atoms with Gasteiger partial charge in [-0.05, 0) is 62.7 Å². The zero-order valence-corrected chi connectivity index (χ0v) is 13.6. The molecule has 0 aromatic heterocycles. The molecule has 0 radical (unpaired) electrons. The molecule has 0 atom stereocenters. The Kier molecular flexibility index (Phi) is 4.35. The predicted molar refractivity (Wildman–Crippen MR) is 92.5 cm³/mol. The highest BCUT2D eigenvalue weighted by Gasteiger charge is 2.29. The summed E-state index contributed by atoms with van der Waals surface area (Å²) in [5, 5.41) is 3.48. The van der Waals surface area contributed by atoms with Crippen LogP contribution in [0.15, 0.2) is 24.3 Å². The minimum atomic E-state index is 0.771. The Balaban J connectivity index is 1.31. The Morgan fingerprint density at radius 1 is 0.955 bits per heavy atom. The second kappa shape index (κ2) is 6.59. The number of piperidine rings is 2. The highest BCUT2D eigenvalue weighted by Crippen LogP contribution is 2.32. The Labute approximate surface area is 134 Å². The second-order valence-electron chi connectivity index (χ2n) is 7.30. The van der Waals surface area contributed by atoms with Gasteiger partial charge in [0, 0.05) is 37.9 Å². The number of hydrogen-bond acceptors (Lipinski definition) is 3. The third-order valence-electron chi connectivity index (χ3n) is 5.90. The first-order chi connectivity index (χ1) is 10.9. The molecule has 3 aliphatic heterocycles. The quantitative estimate of drug-likeness (QED) is 0.925. The smallest absolute Gasteiger partial charge is 0.0402 e. The van der Waals surface area contributed by atoms with E-state index in [1.54, 1.807) is 5.56 Å². The monoisotopic (exact) mass is 299 g/mol. The second-order valence-corrected chi connectivity index (χ2v) is 7.30. The summed E-state index contributed by atoms with van der Waals surface area (Å²) in [7, 11) is 0. The molecule has 1 aromatic rings. The van der Waals surface area contributed by atoms with Crippen molar-refractivity contribution >= 4 is 5.69 Å². The maximum absolute atomic E-state index is 3.48. The first-order valence-electron chi connectivity index (χ1n) is 9.18. The van der Waals surface area contributed by atoms with E-state index < -0.39 is 0 Å². The molecule has 0 saturated carbocycles. The van der Waals surface area contributed by atoms with Gasteiger partial charge in [0.1, 0.15) is 0 Å². The minimum absolute atomic E-state index is 0.771. The van der Waals surface area contributed by atoms with Crippen LogP contribution in [0.5, 0.6) is 0 Å². The number of para-hydroxylation sites is 1. The molecule has 4 rings (SSSR count). The Hall–Kier alpha value is -1.06. The fourth-order valence-electron chi connectivity index (χ4n) is 4.59. The summed E-state index contributed by atoms with van der Waals surface area (Å²) >= 11 is 0. The summed E-state index contributed by atoms with van der Waals surface area (Å²) < 4.78 is 0. The van der Waals surface area contributed by atoms with Crippen LogP contribution < -0.4 is 10.2 Å². The van der Waals surface area contributed by atoms with E-state index in [1.807, 2.05) is 0 Å². The van der Waals surface area contributed by atoms with Crippen LogP contribution in [0.25, 0.3) is 0 Å². The molecule has 1 N–H and O–H groups in total. The van der Waals surface area contributed by atoms with Crippen molar-refractivity contribution in [1.82, 2.24) is 10.2 Å². The minimum Gasteiger partial charge on any atom is -0.368 e. The van der Waals surface area contributed by atoms with Crippen LogP contribution in [0.3, 0.4) is 0 Å². The highest BCUT2D eigenvalue weighted by atomic mass is 15.2. The molecule has 0 bridgehead atoms. The predicted octanol–water partition coefficient (Wildman–Crippen LogP) is 2.51. The van der Waals surface area contributed by atoms with E-state index in [9.17, 15) is 0 Å². The molecule has 120 valence electrons. The molecule has 0 amide bonds. The molecule has 0 spiro atoms. The molecule has 3 heteroatoms. The molecular weight excluding hydrogens is 270 g/mol. The van der Waals surface area contributed by atoms with Gasteiger partial charge in [-0.25, -0.2) is 0 Å². The van der Waals surface area contributed by atoms with Crippen molar-refractivity contribution in [3.63, 3.8) is 0 Å². The molecule has 0 unspecified atom stereocenters. The van der Waals surface area contributed by atoms with Crippen LogP contribution in [0.1, 0.15) is 31.2 Å². The fraction of sp³-hybridized carbons (Fsp3) is 0.684. The lowest BCUT2D eigenvalue weighted by Crippen LogP contribution is -2.46. The summed E-state index contributed by atoms with van der Waals surface area (Å²) in [5.41, 5.74) is 3.07. The number of benzene rings is 1. The fourth-order valence-corrected chi connectivity index (χ4v) is 4.59. The molecule has 2 fully saturated rings. The Morgan fingerprint density at radius 3 is 2.55 bits per heavy atom. The van der Waals surface area contributed by atoms with Crippen LogP contribution in [0, 0.1) is 5.92 Å². The van der Waals surface area contributed by atoms with Gasteiger partial charge < -0.3 is 15.1 Å². The number of nitrogens with one attached hydrogen (secondary N) is 1. The number of hydrogen-bond donors (Lipinski definition) is 1. The number of anilines is 1. The van der Waals surface area contributed by atoms with Crippen LogP contribution >= 0.6 is 0 Å². The number of rotatable bonds is 3. The average Bonchev–Trinajstić information content (AvgIpc) is 3.01. The molecule has 2 saturated heterocycles. The summed E-state index contributed by atoms with van der Waals surface area (Å²) in [6.07, 6.45) is 6.68. The average molecular weight is 299 g/mol. The van der Waals surface area contributed by atoms with Gasteiger partial charge in [-0.3, -0.25) is 0 Å². The van der Waals surface area contributed by atoms with Crippen molar-refractivity contribution in [2.24, 2.45) is 5.92 Å². The lowest BCUT2D eigenvalue weighted by Gasteiger charge is -2.39. The third kappa shape index (κ3) is 3.02. The normalized spacial score (nSPS) is 24.6. The molecule has 1 aromatic carbocycles. The standard InChI is InChI=1S/C19H29N3/c1-2-4-19-17(3-1)7-14-22(19)18-8-12-21(13-9-18)15-16-5-10-20-11-6-16/h1-4,16,18,20H,5-15H2. The van der Waals surface area contributed by atoms with Gasteiger partial charge in [-0.2, -0.15) is 0 Å². The largest absolute Gasteiger partial charge is 0.368 e. The van der Waals surface area contributed by atoms with E-state index in [2.05, 4.69) is 39.4 Å². The van der Waals surface area contributed by atoms with E-state index in [4.69, 9.17) is 0 Å².